The van der Waals surface area contributed by atoms with Crippen molar-refractivity contribution in [1.82, 2.24) is 5.32 Å². The summed E-state index contributed by atoms with van der Waals surface area (Å²) in [6, 6.07) is 3.49. The summed E-state index contributed by atoms with van der Waals surface area (Å²) in [4.78, 5) is 22.8. The van der Waals surface area contributed by atoms with Gasteiger partial charge in [0.2, 0.25) is 5.91 Å². The van der Waals surface area contributed by atoms with Crippen molar-refractivity contribution in [3.63, 3.8) is 0 Å². The van der Waals surface area contributed by atoms with Gasteiger partial charge in [0, 0.05) is 25.1 Å². The summed E-state index contributed by atoms with van der Waals surface area (Å²) in [5.74, 6) is 0.329. The lowest BCUT2D eigenvalue weighted by atomic mass is 10.2. The Kier molecular flexibility index (Phi) is 4.52. The van der Waals surface area contributed by atoms with Crippen LogP contribution in [-0.2, 0) is 9.59 Å². The first-order chi connectivity index (χ1) is 9.95. The van der Waals surface area contributed by atoms with Crippen molar-refractivity contribution >= 4 is 28.9 Å². The van der Waals surface area contributed by atoms with Gasteiger partial charge >= 0.3 is 0 Å². The summed E-state index contributed by atoms with van der Waals surface area (Å²) in [7, 11) is 0. The molecule has 7 heteroatoms. The quantitative estimate of drug-likeness (QED) is 0.604. The maximum absolute atomic E-state index is 11.5. The molecule has 0 atom stereocenters. The normalized spacial score (nSPS) is 13.2. The number of nitrogen functional groups attached to an aromatic ring is 1. The largest absolute Gasteiger partial charge is 0.482 e. The number of rotatable bonds is 5. The lowest BCUT2D eigenvalue weighted by Gasteiger charge is -2.20. The number of nitrogens with one attached hydrogen (secondary N) is 3. The first kappa shape index (κ1) is 15.0. The number of amides is 2. The number of fused-ring (bicyclic) bond motifs is 1. The van der Waals surface area contributed by atoms with Gasteiger partial charge in [-0.05, 0) is 19.9 Å². The molecule has 1 aliphatic heterocycles. The van der Waals surface area contributed by atoms with E-state index in [1.807, 2.05) is 13.8 Å². The molecule has 0 radical (unpaired) electrons. The second-order valence-electron chi connectivity index (χ2n) is 5.17. The molecule has 1 heterocycles. The topological polar surface area (TPSA) is 105 Å². The van der Waals surface area contributed by atoms with E-state index in [9.17, 15) is 9.59 Å². The van der Waals surface area contributed by atoms with Gasteiger partial charge in [-0.2, -0.15) is 0 Å². The summed E-state index contributed by atoms with van der Waals surface area (Å²) in [6.45, 7) is 4.27. The van der Waals surface area contributed by atoms with Crippen LogP contribution < -0.4 is 26.4 Å². The van der Waals surface area contributed by atoms with Gasteiger partial charge in [0.1, 0.15) is 5.75 Å². The van der Waals surface area contributed by atoms with Crippen molar-refractivity contribution in [2.45, 2.75) is 26.3 Å². The molecule has 21 heavy (non-hydrogen) atoms. The number of benzene rings is 1. The van der Waals surface area contributed by atoms with Crippen LogP contribution in [0.2, 0.25) is 0 Å². The molecule has 1 aromatic rings. The van der Waals surface area contributed by atoms with E-state index >= 15 is 0 Å². The third-order valence-electron chi connectivity index (χ3n) is 2.90. The zero-order valence-electron chi connectivity index (χ0n) is 12.2. The number of carbonyl (C=O) groups is 2. The van der Waals surface area contributed by atoms with Gasteiger partial charge in [-0.1, -0.05) is 0 Å². The van der Waals surface area contributed by atoms with Crippen molar-refractivity contribution < 1.29 is 14.3 Å². The predicted molar refractivity (Wildman–Crippen MR) is 81.4 cm³/mol. The van der Waals surface area contributed by atoms with Crippen LogP contribution in [0, 0.1) is 0 Å². The molecule has 0 aliphatic carbocycles. The van der Waals surface area contributed by atoms with Gasteiger partial charge in [-0.25, -0.2) is 0 Å². The van der Waals surface area contributed by atoms with Crippen molar-refractivity contribution in [2.75, 3.05) is 29.5 Å². The Morgan fingerprint density at radius 1 is 1.48 bits per heavy atom. The summed E-state index contributed by atoms with van der Waals surface area (Å²) in [6.07, 6.45) is 0.345. The van der Waals surface area contributed by atoms with Crippen LogP contribution in [0.4, 0.5) is 17.1 Å². The van der Waals surface area contributed by atoms with Gasteiger partial charge in [-0.15, -0.1) is 0 Å². The Bertz CT molecular complexity index is 557. The first-order valence-corrected chi connectivity index (χ1v) is 6.85. The molecule has 114 valence electrons. The molecule has 2 amide bonds. The number of nitrogens with two attached hydrogens (primary N) is 1. The van der Waals surface area contributed by atoms with Gasteiger partial charge in [0.25, 0.3) is 5.91 Å². The van der Waals surface area contributed by atoms with E-state index in [1.54, 1.807) is 12.1 Å². The van der Waals surface area contributed by atoms with Crippen LogP contribution in [0.25, 0.3) is 0 Å². The number of hydrogen-bond donors (Lipinski definition) is 4. The van der Waals surface area contributed by atoms with Crippen LogP contribution in [0.1, 0.15) is 20.3 Å². The highest BCUT2D eigenvalue weighted by Crippen LogP contribution is 2.35. The van der Waals surface area contributed by atoms with Crippen molar-refractivity contribution in [3.05, 3.63) is 12.1 Å². The second kappa shape index (κ2) is 6.34. The fourth-order valence-electron chi connectivity index (χ4n) is 2.00. The molecule has 2 rings (SSSR count). The van der Waals surface area contributed by atoms with E-state index in [-0.39, 0.29) is 24.5 Å². The van der Waals surface area contributed by atoms with E-state index in [1.165, 1.54) is 0 Å². The predicted octanol–water partition coefficient (Wildman–Crippen LogP) is 0.926. The lowest BCUT2D eigenvalue weighted by molar-refractivity contribution is -0.121. The Hall–Kier alpha value is -2.44. The highest BCUT2D eigenvalue weighted by molar-refractivity contribution is 5.97. The molecule has 0 spiro atoms. The summed E-state index contributed by atoms with van der Waals surface area (Å²) in [5, 5.41) is 8.62. The third kappa shape index (κ3) is 4.01. The van der Waals surface area contributed by atoms with Crippen molar-refractivity contribution in [1.29, 1.82) is 0 Å². The molecule has 1 aliphatic rings. The molecule has 0 aromatic heterocycles. The summed E-state index contributed by atoms with van der Waals surface area (Å²) >= 11 is 0. The van der Waals surface area contributed by atoms with Crippen molar-refractivity contribution in [2.24, 2.45) is 0 Å². The minimum Gasteiger partial charge on any atom is -0.482 e. The van der Waals surface area contributed by atoms with Crippen molar-refractivity contribution in [3.8, 4) is 5.75 Å². The highest BCUT2D eigenvalue weighted by atomic mass is 16.5. The minimum absolute atomic E-state index is 0.00537. The molecular weight excluding hydrogens is 272 g/mol. The summed E-state index contributed by atoms with van der Waals surface area (Å²) < 4.78 is 5.27. The fraction of sp³-hybridized carbons (Fsp3) is 0.429. The lowest BCUT2D eigenvalue weighted by Crippen LogP contribution is -2.31. The molecule has 5 N–H and O–H groups in total. The third-order valence-corrected chi connectivity index (χ3v) is 2.90. The number of anilines is 3. The molecule has 0 saturated heterocycles. The number of hydrogen-bond acceptors (Lipinski definition) is 5. The molecule has 1 aromatic carbocycles. The average Bonchev–Trinajstić information content (AvgIpc) is 2.39. The monoisotopic (exact) mass is 292 g/mol. The molecular formula is C14H20N4O3. The Balaban J connectivity index is 1.96. The van der Waals surface area contributed by atoms with Gasteiger partial charge in [-0.3, -0.25) is 9.59 Å². The average molecular weight is 292 g/mol. The van der Waals surface area contributed by atoms with Gasteiger partial charge in [0.15, 0.2) is 6.61 Å². The molecule has 0 saturated carbocycles. The Morgan fingerprint density at radius 3 is 2.95 bits per heavy atom. The molecule has 0 bridgehead atoms. The van der Waals surface area contributed by atoms with Crippen LogP contribution in [0.3, 0.4) is 0 Å². The van der Waals surface area contributed by atoms with Gasteiger partial charge < -0.3 is 26.4 Å². The standard InChI is InChI=1S/C14H20N4O3/c1-8(2)17-13(19)3-4-16-10-6-11-12(5-9(10)15)21-7-14(20)18-11/h5-6,8,16H,3-4,7,15H2,1-2H3,(H,17,19)(H,18,20). The fourth-order valence-corrected chi connectivity index (χ4v) is 2.00. The smallest absolute Gasteiger partial charge is 0.262 e. The van der Waals surface area contributed by atoms with E-state index in [0.717, 1.165) is 0 Å². The van der Waals surface area contributed by atoms with Gasteiger partial charge in [0.05, 0.1) is 17.1 Å². The molecule has 0 unspecified atom stereocenters. The van der Waals surface area contributed by atoms with E-state index in [2.05, 4.69) is 16.0 Å². The second-order valence-corrected chi connectivity index (χ2v) is 5.17. The number of ether oxygens (including phenoxy) is 1. The summed E-state index contributed by atoms with van der Waals surface area (Å²) in [5.41, 5.74) is 7.67. The highest BCUT2D eigenvalue weighted by Gasteiger charge is 2.17. The maximum Gasteiger partial charge on any atom is 0.262 e. The minimum atomic E-state index is -0.200. The van der Waals surface area contributed by atoms with Crippen LogP contribution in [-0.4, -0.2) is 31.0 Å². The zero-order valence-corrected chi connectivity index (χ0v) is 12.2. The van der Waals surface area contributed by atoms with E-state index in [0.29, 0.717) is 35.8 Å². The van der Waals surface area contributed by atoms with Crippen LogP contribution in [0.5, 0.6) is 5.75 Å². The molecule has 0 fully saturated rings. The van der Waals surface area contributed by atoms with E-state index in [4.69, 9.17) is 10.5 Å². The SMILES string of the molecule is CC(C)NC(=O)CCNc1cc2c(cc1N)OCC(=O)N2. The van der Waals surface area contributed by atoms with E-state index < -0.39 is 0 Å². The maximum atomic E-state index is 11.5. The Morgan fingerprint density at radius 2 is 2.24 bits per heavy atom. The van der Waals surface area contributed by atoms with Crippen LogP contribution >= 0.6 is 0 Å². The number of carbonyl (C=O) groups excluding carboxylic acids is 2. The zero-order chi connectivity index (χ0) is 15.4. The molecule has 7 nitrogen and oxygen atoms in total. The van der Waals surface area contributed by atoms with Crippen LogP contribution in [0.15, 0.2) is 12.1 Å². The Labute approximate surface area is 123 Å². The first-order valence-electron chi connectivity index (χ1n) is 6.85.